The Morgan fingerprint density at radius 2 is 1.93 bits per heavy atom. The van der Waals surface area contributed by atoms with Crippen LogP contribution in [0.25, 0.3) is 0 Å². The molecule has 1 saturated heterocycles. The fraction of sp³-hybridized carbons (Fsp3) is 0.500. The maximum Gasteiger partial charge on any atom is 0.122 e. The van der Waals surface area contributed by atoms with Gasteiger partial charge >= 0.3 is 0 Å². The number of hydrogen-bond donors (Lipinski definition) is 0. The van der Waals surface area contributed by atoms with Gasteiger partial charge in [-0.3, -0.25) is 0 Å². The summed E-state index contributed by atoms with van der Waals surface area (Å²) in [6.07, 6.45) is 2.23. The van der Waals surface area contributed by atoms with Crippen LogP contribution < -0.4 is 19.3 Å². The SMILES string of the molecule is COc1ccc(OC)c(CCN2CC[C@H]3[C@@H](C2)c2cccc4c2N3CCN4C)c1. The van der Waals surface area contributed by atoms with Crippen LogP contribution in [-0.4, -0.2) is 64.9 Å². The van der Waals surface area contributed by atoms with Gasteiger partial charge in [-0.15, -0.1) is 0 Å². The lowest BCUT2D eigenvalue weighted by Gasteiger charge is -2.41. The first-order chi connectivity index (χ1) is 14.2. The van der Waals surface area contributed by atoms with Gasteiger partial charge in [0, 0.05) is 51.7 Å². The molecule has 0 saturated carbocycles. The fourth-order valence-electron chi connectivity index (χ4n) is 5.54. The average molecular weight is 394 g/mol. The van der Waals surface area contributed by atoms with E-state index in [4.69, 9.17) is 9.47 Å². The van der Waals surface area contributed by atoms with Crippen LogP contribution in [0.1, 0.15) is 23.5 Å². The molecule has 5 nitrogen and oxygen atoms in total. The second kappa shape index (κ2) is 7.45. The minimum Gasteiger partial charge on any atom is -0.497 e. The van der Waals surface area contributed by atoms with Crippen molar-refractivity contribution in [3.63, 3.8) is 0 Å². The Hall–Kier alpha value is -2.40. The molecule has 2 atom stereocenters. The van der Waals surface area contributed by atoms with Crippen molar-refractivity contribution in [1.29, 1.82) is 0 Å². The number of fused-ring (bicyclic) bond motifs is 3. The van der Waals surface area contributed by atoms with Crippen molar-refractivity contribution in [3.8, 4) is 11.5 Å². The van der Waals surface area contributed by atoms with Gasteiger partial charge in [-0.1, -0.05) is 12.1 Å². The minimum atomic E-state index is 0.623. The molecule has 2 aromatic carbocycles. The smallest absolute Gasteiger partial charge is 0.122 e. The first-order valence-electron chi connectivity index (χ1n) is 10.7. The van der Waals surface area contributed by atoms with Gasteiger partial charge in [0.1, 0.15) is 11.5 Å². The van der Waals surface area contributed by atoms with E-state index >= 15 is 0 Å². The fourth-order valence-corrected chi connectivity index (χ4v) is 5.54. The van der Waals surface area contributed by atoms with E-state index in [1.165, 1.54) is 29.9 Å². The molecule has 3 heterocycles. The number of ether oxygens (including phenoxy) is 2. The van der Waals surface area contributed by atoms with Gasteiger partial charge in [-0.2, -0.15) is 0 Å². The molecular formula is C24H31N3O2. The zero-order chi connectivity index (χ0) is 20.0. The van der Waals surface area contributed by atoms with Crippen molar-refractivity contribution in [2.24, 2.45) is 0 Å². The third-order valence-electron chi connectivity index (χ3n) is 7.07. The highest BCUT2D eigenvalue weighted by Crippen LogP contribution is 2.50. The van der Waals surface area contributed by atoms with Crippen molar-refractivity contribution in [1.82, 2.24) is 4.90 Å². The van der Waals surface area contributed by atoms with Crippen molar-refractivity contribution in [2.45, 2.75) is 24.8 Å². The summed E-state index contributed by atoms with van der Waals surface area (Å²) < 4.78 is 11.0. The van der Waals surface area contributed by atoms with E-state index in [1.807, 2.05) is 12.1 Å². The number of rotatable bonds is 5. The standard InChI is InChI=1S/C24H31N3O2/c1-25-13-14-27-21-10-12-26(16-20(21)19-5-4-6-22(25)24(19)27)11-9-17-15-18(28-2)7-8-23(17)29-3/h4-8,15,20-21H,9-14,16H2,1-3H3/t20-,21-/m0/s1. The number of hydrogen-bond acceptors (Lipinski definition) is 5. The van der Waals surface area contributed by atoms with Crippen molar-refractivity contribution < 1.29 is 9.47 Å². The Labute approximate surface area is 173 Å². The van der Waals surface area contributed by atoms with E-state index in [0.29, 0.717) is 12.0 Å². The van der Waals surface area contributed by atoms with Crippen LogP contribution >= 0.6 is 0 Å². The maximum atomic E-state index is 5.57. The second-order valence-electron chi connectivity index (χ2n) is 8.52. The highest BCUT2D eigenvalue weighted by molar-refractivity contribution is 5.80. The summed E-state index contributed by atoms with van der Waals surface area (Å²) in [5, 5.41) is 0. The molecule has 2 aromatic rings. The number of nitrogens with zero attached hydrogens (tertiary/aromatic N) is 3. The van der Waals surface area contributed by atoms with Gasteiger partial charge in [-0.05, 0) is 48.2 Å². The highest BCUT2D eigenvalue weighted by atomic mass is 16.5. The van der Waals surface area contributed by atoms with Gasteiger partial charge in [0.05, 0.1) is 25.6 Å². The number of anilines is 2. The summed E-state index contributed by atoms with van der Waals surface area (Å²) in [7, 11) is 5.69. The molecule has 0 N–H and O–H groups in total. The largest absolute Gasteiger partial charge is 0.497 e. The molecule has 0 unspecified atom stereocenters. The van der Waals surface area contributed by atoms with Crippen molar-refractivity contribution in [2.75, 3.05) is 63.8 Å². The van der Waals surface area contributed by atoms with E-state index in [2.05, 4.69) is 46.0 Å². The Morgan fingerprint density at radius 1 is 1.03 bits per heavy atom. The number of likely N-dealkylation sites (tertiary alicyclic amines) is 1. The molecule has 5 heteroatoms. The van der Waals surface area contributed by atoms with Gasteiger partial charge < -0.3 is 24.2 Å². The predicted octanol–water partition coefficient (Wildman–Crippen LogP) is 3.37. The summed E-state index contributed by atoms with van der Waals surface area (Å²) in [5.41, 5.74) is 5.70. The average Bonchev–Trinajstić information content (AvgIpc) is 3.09. The van der Waals surface area contributed by atoms with Crippen molar-refractivity contribution in [3.05, 3.63) is 47.5 Å². The summed E-state index contributed by atoms with van der Waals surface area (Å²) in [6, 6.07) is 13.7. The lowest BCUT2D eigenvalue weighted by Crippen LogP contribution is -2.49. The van der Waals surface area contributed by atoms with E-state index in [0.717, 1.165) is 44.1 Å². The molecule has 154 valence electrons. The first kappa shape index (κ1) is 18.6. The lowest BCUT2D eigenvalue weighted by molar-refractivity contribution is 0.195. The summed E-state index contributed by atoms with van der Waals surface area (Å²) in [5.74, 6) is 2.48. The Morgan fingerprint density at radius 3 is 2.76 bits per heavy atom. The molecule has 0 aromatic heterocycles. The topological polar surface area (TPSA) is 28.2 Å². The number of benzene rings is 2. The van der Waals surface area contributed by atoms with Gasteiger partial charge in [0.25, 0.3) is 0 Å². The molecule has 0 bridgehead atoms. The van der Waals surface area contributed by atoms with Crippen LogP contribution in [0.3, 0.4) is 0 Å². The normalized spacial score (nSPS) is 23.0. The molecule has 0 amide bonds. The Bertz CT molecular complexity index is 900. The second-order valence-corrected chi connectivity index (χ2v) is 8.52. The zero-order valence-corrected chi connectivity index (χ0v) is 17.7. The van der Waals surface area contributed by atoms with Gasteiger partial charge in [-0.25, -0.2) is 0 Å². The van der Waals surface area contributed by atoms with E-state index in [1.54, 1.807) is 19.8 Å². The third-order valence-corrected chi connectivity index (χ3v) is 7.07. The van der Waals surface area contributed by atoms with Crippen LogP contribution in [0.2, 0.25) is 0 Å². The Kier molecular flexibility index (Phi) is 4.78. The predicted molar refractivity (Wildman–Crippen MR) is 118 cm³/mol. The van der Waals surface area contributed by atoms with Crippen LogP contribution in [-0.2, 0) is 6.42 Å². The third kappa shape index (κ3) is 3.12. The number of methoxy groups -OCH3 is 2. The molecule has 3 aliphatic heterocycles. The Balaban J connectivity index is 1.33. The lowest BCUT2D eigenvalue weighted by atomic mass is 9.89. The summed E-state index contributed by atoms with van der Waals surface area (Å²) in [6.45, 7) is 5.65. The number of para-hydroxylation sites is 1. The highest BCUT2D eigenvalue weighted by Gasteiger charge is 2.44. The molecular weight excluding hydrogens is 362 g/mol. The minimum absolute atomic E-state index is 0.623. The molecule has 0 spiro atoms. The van der Waals surface area contributed by atoms with Crippen LogP contribution in [0.5, 0.6) is 11.5 Å². The van der Waals surface area contributed by atoms with Crippen LogP contribution in [0.15, 0.2) is 36.4 Å². The van der Waals surface area contributed by atoms with E-state index < -0.39 is 0 Å². The molecule has 29 heavy (non-hydrogen) atoms. The van der Waals surface area contributed by atoms with Crippen molar-refractivity contribution >= 4 is 11.4 Å². The molecule has 1 fully saturated rings. The molecule has 0 aliphatic carbocycles. The first-order valence-corrected chi connectivity index (χ1v) is 10.7. The summed E-state index contributed by atoms with van der Waals surface area (Å²) >= 11 is 0. The van der Waals surface area contributed by atoms with E-state index in [-0.39, 0.29) is 0 Å². The quantitative estimate of drug-likeness (QED) is 0.777. The van der Waals surface area contributed by atoms with Crippen LogP contribution in [0.4, 0.5) is 11.4 Å². The van der Waals surface area contributed by atoms with Gasteiger partial charge in [0.2, 0.25) is 0 Å². The maximum absolute atomic E-state index is 5.57. The monoisotopic (exact) mass is 393 g/mol. The van der Waals surface area contributed by atoms with E-state index in [9.17, 15) is 0 Å². The number of piperidine rings is 1. The molecule has 3 aliphatic rings. The van der Waals surface area contributed by atoms with Gasteiger partial charge in [0.15, 0.2) is 0 Å². The van der Waals surface area contributed by atoms with Crippen LogP contribution in [0, 0.1) is 0 Å². The number of likely N-dealkylation sites (N-methyl/N-ethyl adjacent to an activating group) is 1. The summed E-state index contributed by atoms with van der Waals surface area (Å²) in [4.78, 5) is 7.76. The molecule has 5 rings (SSSR count). The molecule has 0 radical (unpaired) electrons. The zero-order valence-electron chi connectivity index (χ0n) is 17.7.